The zero-order valence-corrected chi connectivity index (χ0v) is 9.82. The Morgan fingerprint density at radius 1 is 1.25 bits per heavy atom. The number of nitrogens with two attached hydrogens (primary N) is 1. The molecule has 0 aliphatic carbocycles. The Balaban J connectivity index is 2.39. The molecule has 3 heteroatoms. The second-order valence-corrected chi connectivity index (χ2v) is 4.91. The van der Waals surface area contributed by atoms with Gasteiger partial charge in [-0.2, -0.15) is 0 Å². The van der Waals surface area contributed by atoms with Crippen LogP contribution < -0.4 is 5.73 Å². The van der Waals surface area contributed by atoms with Crippen LogP contribution in [0.4, 0.5) is 5.69 Å². The van der Waals surface area contributed by atoms with Crippen molar-refractivity contribution in [1.82, 2.24) is 4.98 Å². The molecule has 0 bridgehead atoms. The first-order valence-electron chi connectivity index (χ1n) is 5.29. The van der Waals surface area contributed by atoms with Gasteiger partial charge in [0.2, 0.25) is 5.89 Å². The van der Waals surface area contributed by atoms with Gasteiger partial charge < -0.3 is 10.2 Å². The van der Waals surface area contributed by atoms with Gasteiger partial charge in [-0.25, -0.2) is 4.98 Å². The monoisotopic (exact) mass is 216 g/mol. The van der Waals surface area contributed by atoms with Gasteiger partial charge in [-0.15, -0.1) is 0 Å². The van der Waals surface area contributed by atoms with Crippen molar-refractivity contribution in [2.75, 3.05) is 5.73 Å². The standard InChI is InChI=1S/C13H16N2O/c1-13(2,3)11-8-16-12(15-11)9-5-4-6-10(14)7-9/h4-8H,14H2,1-3H3. The third-order valence-corrected chi connectivity index (χ3v) is 2.41. The molecule has 0 saturated carbocycles. The number of benzene rings is 1. The number of hydrogen-bond donors (Lipinski definition) is 1. The molecule has 0 saturated heterocycles. The minimum Gasteiger partial charge on any atom is -0.444 e. The van der Waals surface area contributed by atoms with Crippen molar-refractivity contribution in [2.45, 2.75) is 26.2 Å². The minimum atomic E-state index is 0.00206. The summed E-state index contributed by atoms with van der Waals surface area (Å²) in [4.78, 5) is 4.47. The molecule has 0 amide bonds. The number of aromatic nitrogens is 1. The second kappa shape index (κ2) is 3.67. The van der Waals surface area contributed by atoms with Gasteiger partial charge in [0.1, 0.15) is 6.26 Å². The molecule has 0 aliphatic rings. The number of rotatable bonds is 1. The number of hydrogen-bond acceptors (Lipinski definition) is 3. The fraction of sp³-hybridized carbons (Fsp3) is 0.308. The Bertz CT molecular complexity index is 495. The molecule has 0 spiro atoms. The summed E-state index contributed by atoms with van der Waals surface area (Å²) in [6.07, 6.45) is 1.71. The molecule has 2 N–H and O–H groups in total. The average Bonchev–Trinajstić information content (AvgIpc) is 2.65. The molecule has 1 aromatic carbocycles. The van der Waals surface area contributed by atoms with Gasteiger partial charge >= 0.3 is 0 Å². The molecule has 0 radical (unpaired) electrons. The lowest BCUT2D eigenvalue weighted by atomic mass is 9.93. The maximum Gasteiger partial charge on any atom is 0.226 e. The van der Waals surface area contributed by atoms with Crippen LogP contribution in [0.25, 0.3) is 11.5 Å². The van der Waals surface area contributed by atoms with Crippen molar-refractivity contribution < 1.29 is 4.42 Å². The van der Waals surface area contributed by atoms with E-state index in [0.29, 0.717) is 11.6 Å². The summed E-state index contributed by atoms with van der Waals surface area (Å²) in [5.74, 6) is 0.622. The van der Waals surface area contributed by atoms with E-state index >= 15 is 0 Å². The number of nitrogen functional groups attached to an aromatic ring is 1. The normalized spacial score (nSPS) is 11.7. The first-order chi connectivity index (χ1) is 7.47. The molecular weight excluding hydrogens is 200 g/mol. The summed E-state index contributed by atoms with van der Waals surface area (Å²) >= 11 is 0. The molecule has 2 aromatic rings. The van der Waals surface area contributed by atoms with E-state index in [1.165, 1.54) is 0 Å². The van der Waals surface area contributed by atoms with E-state index < -0.39 is 0 Å². The summed E-state index contributed by atoms with van der Waals surface area (Å²) in [6.45, 7) is 6.32. The third kappa shape index (κ3) is 2.08. The van der Waals surface area contributed by atoms with Crippen LogP contribution in [0.1, 0.15) is 26.5 Å². The van der Waals surface area contributed by atoms with Crippen LogP contribution in [0.5, 0.6) is 0 Å². The van der Waals surface area contributed by atoms with Crippen molar-refractivity contribution in [2.24, 2.45) is 0 Å². The largest absolute Gasteiger partial charge is 0.444 e. The fourth-order valence-corrected chi connectivity index (χ4v) is 1.42. The highest BCUT2D eigenvalue weighted by Gasteiger charge is 2.19. The fourth-order valence-electron chi connectivity index (χ4n) is 1.42. The smallest absolute Gasteiger partial charge is 0.226 e. The lowest BCUT2D eigenvalue weighted by Crippen LogP contribution is -2.11. The number of nitrogens with zero attached hydrogens (tertiary/aromatic N) is 1. The van der Waals surface area contributed by atoms with Gasteiger partial charge in [0.05, 0.1) is 5.69 Å². The van der Waals surface area contributed by atoms with Crippen LogP contribution in [0.3, 0.4) is 0 Å². The highest BCUT2D eigenvalue weighted by atomic mass is 16.3. The van der Waals surface area contributed by atoms with Gasteiger partial charge in [-0.3, -0.25) is 0 Å². The quantitative estimate of drug-likeness (QED) is 0.744. The molecule has 16 heavy (non-hydrogen) atoms. The van der Waals surface area contributed by atoms with Crippen LogP contribution in [-0.2, 0) is 5.41 Å². The third-order valence-electron chi connectivity index (χ3n) is 2.41. The van der Waals surface area contributed by atoms with Crippen molar-refractivity contribution in [1.29, 1.82) is 0 Å². The second-order valence-electron chi connectivity index (χ2n) is 4.91. The maximum atomic E-state index is 5.72. The average molecular weight is 216 g/mol. The van der Waals surface area contributed by atoms with Crippen LogP contribution in [0.15, 0.2) is 34.9 Å². The van der Waals surface area contributed by atoms with Gasteiger partial charge in [-0.05, 0) is 18.2 Å². The molecule has 0 atom stereocenters. The van der Waals surface area contributed by atoms with Crippen molar-refractivity contribution in [3.8, 4) is 11.5 Å². The molecule has 1 aromatic heterocycles. The minimum absolute atomic E-state index is 0.00206. The molecule has 84 valence electrons. The van der Waals surface area contributed by atoms with Gasteiger partial charge in [0.25, 0.3) is 0 Å². The van der Waals surface area contributed by atoms with Crippen LogP contribution in [0.2, 0.25) is 0 Å². The predicted molar refractivity (Wildman–Crippen MR) is 65.1 cm³/mol. The molecule has 2 rings (SSSR count). The lowest BCUT2D eigenvalue weighted by molar-refractivity contribution is 0.544. The van der Waals surface area contributed by atoms with E-state index in [9.17, 15) is 0 Å². The summed E-state index contributed by atoms with van der Waals surface area (Å²) in [5, 5.41) is 0. The van der Waals surface area contributed by atoms with Crippen molar-refractivity contribution >= 4 is 5.69 Å². The van der Waals surface area contributed by atoms with Gasteiger partial charge in [0, 0.05) is 16.7 Å². The van der Waals surface area contributed by atoms with Crippen LogP contribution >= 0.6 is 0 Å². The molecule has 3 nitrogen and oxygen atoms in total. The number of oxazole rings is 1. The maximum absolute atomic E-state index is 5.72. The molecular formula is C13H16N2O. The summed E-state index contributed by atoms with van der Waals surface area (Å²) in [5.41, 5.74) is 8.30. The first kappa shape index (κ1) is 10.7. The van der Waals surface area contributed by atoms with Crippen LogP contribution in [0, 0.1) is 0 Å². The molecule has 1 heterocycles. The van der Waals surface area contributed by atoms with Crippen molar-refractivity contribution in [3.05, 3.63) is 36.2 Å². The molecule has 0 unspecified atom stereocenters. The zero-order chi connectivity index (χ0) is 11.8. The van der Waals surface area contributed by atoms with E-state index in [1.54, 1.807) is 6.26 Å². The summed E-state index contributed by atoms with van der Waals surface area (Å²) in [6, 6.07) is 7.54. The van der Waals surface area contributed by atoms with E-state index in [4.69, 9.17) is 10.2 Å². The highest BCUT2D eigenvalue weighted by molar-refractivity contribution is 5.59. The van der Waals surface area contributed by atoms with Gasteiger partial charge in [0.15, 0.2) is 0 Å². The summed E-state index contributed by atoms with van der Waals surface area (Å²) < 4.78 is 5.47. The van der Waals surface area contributed by atoms with E-state index in [0.717, 1.165) is 11.3 Å². The SMILES string of the molecule is CC(C)(C)c1coc(-c2cccc(N)c2)n1. The molecule has 0 aliphatic heterocycles. The highest BCUT2D eigenvalue weighted by Crippen LogP contribution is 2.26. The zero-order valence-electron chi connectivity index (χ0n) is 9.82. The van der Waals surface area contributed by atoms with E-state index in [1.807, 2.05) is 24.3 Å². The Labute approximate surface area is 95.3 Å². The number of anilines is 1. The Kier molecular flexibility index (Phi) is 2.46. The topological polar surface area (TPSA) is 52.0 Å². The van der Waals surface area contributed by atoms with Crippen molar-refractivity contribution in [3.63, 3.8) is 0 Å². The summed E-state index contributed by atoms with van der Waals surface area (Å²) in [7, 11) is 0. The van der Waals surface area contributed by atoms with E-state index in [-0.39, 0.29) is 5.41 Å². The Morgan fingerprint density at radius 2 is 2.00 bits per heavy atom. The van der Waals surface area contributed by atoms with Crippen LogP contribution in [-0.4, -0.2) is 4.98 Å². The predicted octanol–water partition coefficient (Wildman–Crippen LogP) is 3.22. The Hall–Kier alpha value is -1.77. The molecule has 0 fully saturated rings. The first-order valence-corrected chi connectivity index (χ1v) is 5.29. The van der Waals surface area contributed by atoms with Gasteiger partial charge in [-0.1, -0.05) is 26.8 Å². The Morgan fingerprint density at radius 3 is 2.56 bits per heavy atom. The lowest BCUT2D eigenvalue weighted by Gasteiger charge is -2.12. The van der Waals surface area contributed by atoms with E-state index in [2.05, 4.69) is 25.8 Å².